The van der Waals surface area contributed by atoms with E-state index in [1.54, 1.807) is 14.2 Å². The fraction of sp³-hybridized carbons (Fsp3) is 0.667. The Kier molecular flexibility index (Phi) is 7.78. The predicted octanol–water partition coefficient (Wildman–Crippen LogP) is 2.29. The van der Waals surface area contributed by atoms with Gasteiger partial charge in [0.1, 0.15) is 6.61 Å². The second-order valence-electron chi connectivity index (χ2n) is 7.30. The lowest BCUT2D eigenvalue weighted by Crippen LogP contribution is -2.46. The number of ether oxygens (including phenoxy) is 4. The number of methoxy groups -OCH3 is 2. The molecule has 0 aromatic heterocycles. The fourth-order valence-electron chi connectivity index (χ4n) is 3.76. The van der Waals surface area contributed by atoms with Crippen LogP contribution < -0.4 is 14.2 Å². The Balaban J connectivity index is 1.61. The van der Waals surface area contributed by atoms with Gasteiger partial charge in [0.15, 0.2) is 11.5 Å². The SMILES string of the molecule is COc1cc(CN2CCN(CCC#N)CC2)cc(OC)c1OCC1CCCO1. The molecule has 0 bridgehead atoms. The summed E-state index contributed by atoms with van der Waals surface area (Å²) in [4.78, 5) is 4.77. The smallest absolute Gasteiger partial charge is 0.203 e. The summed E-state index contributed by atoms with van der Waals surface area (Å²) >= 11 is 0. The summed E-state index contributed by atoms with van der Waals surface area (Å²) in [5, 5.41) is 8.74. The molecule has 2 fully saturated rings. The number of hydrogen-bond acceptors (Lipinski definition) is 7. The van der Waals surface area contributed by atoms with E-state index in [1.165, 1.54) is 0 Å². The highest BCUT2D eigenvalue weighted by Crippen LogP contribution is 2.39. The van der Waals surface area contributed by atoms with E-state index >= 15 is 0 Å². The summed E-state index contributed by atoms with van der Waals surface area (Å²) in [5.74, 6) is 2.03. The van der Waals surface area contributed by atoms with Gasteiger partial charge in [0.05, 0.1) is 26.4 Å². The molecule has 1 aromatic rings. The molecule has 3 rings (SSSR count). The molecule has 2 saturated heterocycles. The lowest BCUT2D eigenvalue weighted by Gasteiger charge is -2.34. The Bertz CT molecular complexity index is 637. The molecular weight excluding hydrogens is 358 g/mol. The lowest BCUT2D eigenvalue weighted by molar-refractivity contribution is 0.0659. The molecule has 0 saturated carbocycles. The van der Waals surface area contributed by atoms with Crippen molar-refractivity contribution in [3.05, 3.63) is 17.7 Å². The fourth-order valence-corrected chi connectivity index (χ4v) is 3.76. The van der Waals surface area contributed by atoms with Crippen LogP contribution in [0.1, 0.15) is 24.8 Å². The molecule has 2 aliphatic rings. The van der Waals surface area contributed by atoms with E-state index in [4.69, 9.17) is 24.2 Å². The van der Waals surface area contributed by atoms with Gasteiger partial charge < -0.3 is 18.9 Å². The Labute approximate surface area is 167 Å². The topological polar surface area (TPSA) is 67.2 Å². The lowest BCUT2D eigenvalue weighted by atomic mass is 10.1. The van der Waals surface area contributed by atoms with Gasteiger partial charge in [0.25, 0.3) is 0 Å². The van der Waals surface area contributed by atoms with Crippen molar-refractivity contribution >= 4 is 0 Å². The first-order chi connectivity index (χ1) is 13.7. The van der Waals surface area contributed by atoms with Crippen LogP contribution in [-0.4, -0.2) is 76.1 Å². The first-order valence-corrected chi connectivity index (χ1v) is 10.0. The van der Waals surface area contributed by atoms with E-state index < -0.39 is 0 Å². The summed E-state index contributed by atoms with van der Waals surface area (Å²) in [6, 6.07) is 6.30. The highest BCUT2D eigenvalue weighted by molar-refractivity contribution is 5.54. The Morgan fingerprint density at radius 2 is 1.79 bits per heavy atom. The van der Waals surface area contributed by atoms with E-state index in [0.717, 1.165) is 64.3 Å². The van der Waals surface area contributed by atoms with Crippen molar-refractivity contribution in [2.45, 2.75) is 31.9 Å². The number of rotatable bonds is 9. The van der Waals surface area contributed by atoms with Gasteiger partial charge in [-0.05, 0) is 30.5 Å². The van der Waals surface area contributed by atoms with Gasteiger partial charge in [-0.25, -0.2) is 0 Å². The molecule has 7 heteroatoms. The van der Waals surface area contributed by atoms with Gasteiger partial charge in [-0.15, -0.1) is 0 Å². The molecular formula is C21H31N3O4. The van der Waals surface area contributed by atoms with Crippen molar-refractivity contribution in [3.63, 3.8) is 0 Å². The van der Waals surface area contributed by atoms with E-state index in [2.05, 4.69) is 15.9 Å². The van der Waals surface area contributed by atoms with Crippen molar-refractivity contribution < 1.29 is 18.9 Å². The van der Waals surface area contributed by atoms with Crippen LogP contribution in [0.4, 0.5) is 0 Å². The van der Waals surface area contributed by atoms with Crippen LogP contribution in [0.5, 0.6) is 17.2 Å². The molecule has 0 amide bonds. The average Bonchev–Trinajstić information content (AvgIpc) is 3.25. The third-order valence-electron chi connectivity index (χ3n) is 5.37. The maximum absolute atomic E-state index is 8.74. The van der Waals surface area contributed by atoms with Crippen molar-refractivity contribution in [1.82, 2.24) is 9.80 Å². The number of nitriles is 1. The Morgan fingerprint density at radius 1 is 1.11 bits per heavy atom. The highest BCUT2D eigenvalue weighted by Gasteiger charge is 2.21. The van der Waals surface area contributed by atoms with Gasteiger partial charge in [-0.3, -0.25) is 9.80 Å². The van der Waals surface area contributed by atoms with Gasteiger partial charge in [0.2, 0.25) is 5.75 Å². The van der Waals surface area contributed by atoms with Crippen molar-refractivity contribution in [2.24, 2.45) is 0 Å². The molecule has 154 valence electrons. The largest absolute Gasteiger partial charge is 0.493 e. The minimum Gasteiger partial charge on any atom is -0.493 e. The van der Waals surface area contributed by atoms with Crippen LogP contribution in [0.3, 0.4) is 0 Å². The molecule has 1 unspecified atom stereocenters. The van der Waals surface area contributed by atoms with Crippen molar-refractivity contribution in [3.8, 4) is 23.3 Å². The van der Waals surface area contributed by atoms with Crippen molar-refractivity contribution in [2.75, 3.05) is 60.2 Å². The van der Waals surface area contributed by atoms with Crippen LogP contribution in [0.2, 0.25) is 0 Å². The summed E-state index contributed by atoms with van der Waals surface area (Å²) in [6.07, 6.45) is 2.86. The summed E-state index contributed by atoms with van der Waals surface area (Å²) in [5.41, 5.74) is 1.14. The van der Waals surface area contributed by atoms with Crippen LogP contribution in [-0.2, 0) is 11.3 Å². The van der Waals surface area contributed by atoms with Crippen LogP contribution in [0.15, 0.2) is 12.1 Å². The van der Waals surface area contributed by atoms with Crippen LogP contribution >= 0.6 is 0 Å². The standard InChI is InChI=1S/C21H31N3O4/c1-25-19-13-17(15-24-10-8-23(9-11-24)7-4-6-22)14-20(26-2)21(19)28-16-18-5-3-12-27-18/h13-14,18H,3-5,7-12,15-16H2,1-2H3. The molecule has 7 nitrogen and oxygen atoms in total. The van der Waals surface area contributed by atoms with E-state index in [-0.39, 0.29) is 6.10 Å². The number of benzene rings is 1. The zero-order chi connectivity index (χ0) is 19.8. The molecule has 1 atom stereocenters. The first kappa shape index (κ1) is 20.7. The maximum atomic E-state index is 8.74. The molecule has 1 aromatic carbocycles. The molecule has 0 radical (unpaired) electrons. The number of nitrogens with zero attached hydrogens (tertiary/aromatic N) is 3. The molecule has 0 N–H and O–H groups in total. The monoisotopic (exact) mass is 389 g/mol. The zero-order valence-electron chi connectivity index (χ0n) is 17.0. The minimum atomic E-state index is 0.145. The van der Waals surface area contributed by atoms with Crippen LogP contribution in [0, 0.1) is 11.3 Å². The van der Waals surface area contributed by atoms with Gasteiger partial charge >= 0.3 is 0 Å². The van der Waals surface area contributed by atoms with E-state index in [1.807, 2.05) is 12.1 Å². The van der Waals surface area contributed by atoms with E-state index in [9.17, 15) is 0 Å². The normalized spacial score (nSPS) is 20.7. The summed E-state index contributed by atoms with van der Waals surface area (Å²) in [6.45, 7) is 7.01. The van der Waals surface area contributed by atoms with E-state index in [0.29, 0.717) is 30.3 Å². The molecule has 28 heavy (non-hydrogen) atoms. The van der Waals surface area contributed by atoms with Crippen LogP contribution in [0.25, 0.3) is 0 Å². The Morgan fingerprint density at radius 3 is 2.36 bits per heavy atom. The maximum Gasteiger partial charge on any atom is 0.203 e. The van der Waals surface area contributed by atoms with Gasteiger partial charge in [-0.2, -0.15) is 5.26 Å². The quantitative estimate of drug-likeness (QED) is 0.642. The zero-order valence-corrected chi connectivity index (χ0v) is 17.0. The van der Waals surface area contributed by atoms with Crippen molar-refractivity contribution in [1.29, 1.82) is 5.26 Å². The third-order valence-corrected chi connectivity index (χ3v) is 5.37. The second-order valence-corrected chi connectivity index (χ2v) is 7.30. The predicted molar refractivity (Wildman–Crippen MR) is 106 cm³/mol. The first-order valence-electron chi connectivity index (χ1n) is 10.0. The molecule has 2 aliphatic heterocycles. The average molecular weight is 389 g/mol. The highest BCUT2D eigenvalue weighted by atomic mass is 16.6. The summed E-state index contributed by atoms with van der Waals surface area (Å²) < 4.78 is 22.8. The Hall–Kier alpha value is -2.01. The molecule has 0 aliphatic carbocycles. The summed E-state index contributed by atoms with van der Waals surface area (Å²) in [7, 11) is 3.32. The van der Waals surface area contributed by atoms with Gasteiger partial charge in [0, 0.05) is 52.3 Å². The molecule has 2 heterocycles. The number of piperazine rings is 1. The second kappa shape index (κ2) is 10.5. The third kappa shape index (κ3) is 5.51. The minimum absolute atomic E-state index is 0.145. The number of hydrogen-bond donors (Lipinski definition) is 0. The molecule has 0 spiro atoms. The van der Waals surface area contributed by atoms with Gasteiger partial charge in [-0.1, -0.05) is 0 Å².